The van der Waals surface area contributed by atoms with E-state index in [2.05, 4.69) is 23.2 Å². The van der Waals surface area contributed by atoms with Crippen molar-refractivity contribution in [3.63, 3.8) is 0 Å². The molecule has 4 aromatic rings. The summed E-state index contributed by atoms with van der Waals surface area (Å²) < 4.78 is 2.01. The van der Waals surface area contributed by atoms with Gasteiger partial charge in [-0.3, -0.25) is 0 Å². The van der Waals surface area contributed by atoms with Crippen LogP contribution in [-0.4, -0.2) is 9.55 Å². The predicted octanol–water partition coefficient (Wildman–Crippen LogP) is 5.64. The highest BCUT2D eigenvalue weighted by atomic mass is 35.5. The molecule has 0 amide bonds. The van der Waals surface area contributed by atoms with Crippen LogP contribution < -0.4 is 5.73 Å². The Kier molecular flexibility index (Phi) is 4.12. The summed E-state index contributed by atoms with van der Waals surface area (Å²) >= 11 is 12.2. The monoisotopic (exact) mass is 367 g/mol. The van der Waals surface area contributed by atoms with Gasteiger partial charge in [0.2, 0.25) is 5.95 Å². The van der Waals surface area contributed by atoms with Gasteiger partial charge in [0.25, 0.3) is 0 Å². The van der Waals surface area contributed by atoms with Crippen LogP contribution in [0.25, 0.3) is 22.2 Å². The van der Waals surface area contributed by atoms with Gasteiger partial charge in [-0.1, -0.05) is 71.7 Å². The third kappa shape index (κ3) is 2.97. The Morgan fingerprint density at radius 1 is 0.880 bits per heavy atom. The second kappa shape index (κ2) is 6.43. The van der Waals surface area contributed by atoms with Gasteiger partial charge in [0.1, 0.15) is 0 Å². The van der Waals surface area contributed by atoms with Crippen LogP contribution in [0, 0.1) is 0 Å². The fourth-order valence-electron chi connectivity index (χ4n) is 3.03. The van der Waals surface area contributed by atoms with Crippen molar-refractivity contribution in [2.45, 2.75) is 6.54 Å². The number of nitrogens with two attached hydrogens (primary N) is 1. The smallest absolute Gasteiger partial charge is 0.201 e. The minimum atomic E-state index is 0.476. The van der Waals surface area contributed by atoms with Crippen molar-refractivity contribution in [3.8, 4) is 11.1 Å². The third-order valence-electron chi connectivity index (χ3n) is 4.21. The van der Waals surface area contributed by atoms with Crippen molar-refractivity contribution in [2.24, 2.45) is 0 Å². The summed E-state index contributed by atoms with van der Waals surface area (Å²) in [6.45, 7) is 0.572. The molecule has 0 fully saturated rings. The zero-order valence-electron chi connectivity index (χ0n) is 13.3. The Balaban J connectivity index is 1.88. The van der Waals surface area contributed by atoms with E-state index in [-0.39, 0.29) is 0 Å². The van der Waals surface area contributed by atoms with Crippen LogP contribution in [0.2, 0.25) is 10.0 Å². The quantitative estimate of drug-likeness (QED) is 0.509. The molecule has 0 atom stereocenters. The second-order valence-corrected chi connectivity index (χ2v) is 6.66. The molecule has 0 unspecified atom stereocenters. The first kappa shape index (κ1) is 16.0. The number of rotatable bonds is 3. The van der Waals surface area contributed by atoms with Crippen molar-refractivity contribution in [2.75, 3.05) is 5.73 Å². The highest BCUT2D eigenvalue weighted by molar-refractivity contribution is 6.42. The van der Waals surface area contributed by atoms with E-state index in [1.807, 2.05) is 47.0 Å². The SMILES string of the molecule is Nc1nc2cccc(-c3ccccc3)c2n1Cc1ccc(Cl)c(Cl)c1. The van der Waals surface area contributed by atoms with E-state index in [0.717, 1.165) is 27.7 Å². The van der Waals surface area contributed by atoms with Gasteiger partial charge in [-0.05, 0) is 29.3 Å². The van der Waals surface area contributed by atoms with Crippen LogP contribution in [-0.2, 0) is 6.54 Å². The lowest BCUT2D eigenvalue weighted by Crippen LogP contribution is -2.05. The standard InChI is InChI=1S/C20H15Cl2N3/c21-16-10-9-13(11-17(16)22)12-25-19-15(14-5-2-1-3-6-14)7-4-8-18(19)24-20(25)23/h1-11H,12H2,(H2,23,24). The Morgan fingerprint density at radius 2 is 1.68 bits per heavy atom. The average Bonchev–Trinajstić information content (AvgIpc) is 2.94. The highest BCUT2D eigenvalue weighted by Gasteiger charge is 2.14. The van der Waals surface area contributed by atoms with Gasteiger partial charge in [-0.15, -0.1) is 0 Å². The van der Waals surface area contributed by atoms with E-state index >= 15 is 0 Å². The Hall–Kier alpha value is -2.49. The van der Waals surface area contributed by atoms with Crippen LogP contribution in [0.3, 0.4) is 0 Å². The number of halogens is 2. The maximum atomic E-state index is 6.21. The van der Waals surface area contributed by atoms with E-state index in [9.17, 15) is 0 Å². The lowest BCUT2D eigenvalue weighted by atomic mass is 10.0. The molecule has 0 saturated heterocycles. The maximum Gasteiger partial charge on any atom is 0.201 e. The maximum absolute atomic E-state index is 6.21. The zero-order chi connectivity index (χ0) is 17.4. The van der Waals surface area contributed by atoms with E-state index in [0.29, 0.717) is 22.5 Å². The van der Waals surface area contributed by atoms with E-state index in [4.69, 9.17) is 28.9 Å². The predicted molar refractivity (Wildman–Crippen MR) is 105 cm³/mol. The zero-order valence-corrected chi connectivity index (χ0v) is 14.8. The molecular formula is C20H15Cl2N3. The fourth-order valence-corrected chi connectivity index (χ4v) is 3.36. The molecule has 3 aromatic carbocycles. The highest BCUT2D eigenvalue weighted by Crippen LogP contribution is 2.31. The molecule has 0 radical (unpaired) electrons. The first-order valence-corrected chi connectivity index (χ1v) is 8.63. The van der Waals surface area contributed by atoms with Gasteiger partial charge >= 0.3 is 0 Å². The molecule has 0 aliphatic rings. The molecule has 3 nitrogen and oxygen atoms in total. The summed E-state index contributed by atoms with van der Waals surface area (Å²) in [6.07, 6.45) is 0. The minimum absolute atomic E-state index is 0.476. The molecule has 0 saturated carbocycles. The number of hydrogen-bond acceptors (Lipinski definition) is 2. The second-order valence-electron chi connectivity index (χ2n) is 5.84. The summed E-state index contributed by atoms with van der Waals surface area (Å²) in [6, 6.07) is 21.9. The number of hydrogen-bond donors (Lipinski definition) is 1. The van der Waals surface area contributed by atoms with Gasteiger partial charge in [0, 0.05) is 5.56 Å². The fraction of sp³-hybridized carbons (Fsp3) is 0.0500. The first-order valence-electron chi connectivity index (χ1n) is 7.87. The molecule has 1 heterocycles. The van der Waals surface area contributed by atoms with Gasteiger partial charge in [0.15, 0.2) is 0 Å². The summed E-state index contributed by atoms with van der Waals surface area (Å²) in [4.78, 5) is 4.52. The summed E-state index contributed by atoms with van der Waals surface area (Å²) in [5.74, 6) is 0.476. The lowest BCUT2D eigenvalue weighted by Gasteiger charge is -2.11. The molecule has 2 N–H and O–H groups in total. The topological polar surface area (TPSA) is 43.8 Å². The number of imidazole rings is 1. The number of nitrogen functional groups attached to an aromatic ring is 1. The first-order chi connectivity index (χ1) is 12.1. The molecular weight excluding hydrogens is 353 g/mol. The molecule has 0 aliphatic heterocycles. The molecule has 4 rings (SSSR count). The Labute approximate surface area is 155 Å². The van der Waals surface area contributed by atoms with E-state index < -0.39 is 0 Å². The lowest BCUT2D eigenvalue weighted by molar-refractivity contribution is 0.839. The molecule has 0 spiro atoms. The van der Waals surface area contributed by atoms with Gasteiger partial charge in [0.05, 0.1) is 27.6 Å². The minimum Gasteiger partial charge on any atom is -0.369 e. The van der Waals surface area contributed by atoms with Crippen molar-refractivity contribution >= 4 is 40.2 Å². The molecule has 1 aromatic heterocycles. The largest absolute Gasteiger partial charge is 0.369 e. The number of para-hydroxylation sites is 1. The Bertz CT molecular complexity index is 1060. The summed E-state index contributed by atoms with van der Waals surface area (Å²) in [5, 5.41) is 1.07. The summed E-state index contributed by atoms with van der Waals surface area (Å²) in [7, 11) is 0. The van der Waals surface area contributed by atoms with Crippen molar-refractivity contribution in [1.82, 2.24) is 9.55 Å². The van der Waals surface area contributed by atoms with Gasteiger partial charge in [-0.25, -0.2) is 4.98 Å². The third-order valence-corrected chi connectivity index (χ3v) is 4.94. The summed E-state index contributed by atoms with van der Waals surface area (Å²) in [5.41, 5.74) is 11.3. The van der Waals surface area contributed by atoms with Gasteiger partial charge in [-0.2, -0.15) is 0 Å². The van der Waals surface area contributed by atoms with Crippen LogP contribution in [0.5, 0.6) is 0 Å². The van der Waals surface area contributed by atoms with Crippen LogP contribution in [0.15, 0.2) is 66.7 Å². The van der Waals surface area contributed by atoms with Crippen LogP contribution >= 0.6 is 23.2 Å². The number of anilines is 1. The number of nitrogens with zero attached hydrogens (tertiary/aromatic N) is 2. The number of aromatic nitrogens is 2. The Morgan fingerprint density at radius 3 is 2.44 bits per heavy atom. The molecule has 5 heteroatoms. The van der Waals surface area contributed by atoms with Crippen molar-refractivity contribution in [3.05, 3.63) is 82.3 Å². The molecule has 124 valence electrons. The number of benzene rings is 3. The van der Waals surface area contributed by atoms with Crippen LogP contribution in [0.1, 0.15) is 5.56 Å². The normalized spacial score (nSPS) is 11.1. The van der Waals surface area contributed by atoms with Crippen LogP contribution in [0.4, 0.5) is 5.95 Å². The molecule has 0 bridgehead atoms. The van der Waals surface area contributed by atoms with Crippen molar-refractivity contribution < 1.29 is 0 Å². The average molecular weight is 368 g/mol. The van der Waals surface area contributed by atoms with E-state index in [1.54, 1.807) is 6.07 Å². The molecule has 0 aliphatic carbocycles. The van der Waals surface area contributed by atoms with E-state index in [1.165, 1.54) is 0 Å². The molecule has 25 heavy (non-hydrogen) atoms. The van der Waals surface area contributed by atoms with Gasteiger partial charge < -0.3 is 10.3 Å². The number of fused-ring (bicyclic) bond motifs is 1. The van der Waals surface area contributed by atoms with Crippen molar-refractivity contribution in [1.29, 1.82) is 0 Å².